The van der Waals surface area contributed by atoms with Gasteiger partial charge in [-0.05, 0) is 31.2 Å². The molecule has 0 heterocycles. The molecule has 0 aliphatic carbocycles. The molecule has 17 heavy (non-hydrogen) atoms. The van der Waals surface area contributed by atoms with Gasteiger partial charge in [-0.3, -0.25) is 9.59 Å². The summed E-state index contributed by atoms with van der Waals surface area (Å²) in [4.78, 5) is 21.8. The number of hydrogen-bond acceptors (Lipinski definition) is 4. The summed E-state index contributed by atoms with van der Waals surface area (Å²) in [5.41, 5.74) is 5.52. The van der Waals surface area contributed by atoms with Gasteiger partial charge in [-0.25, -0.2) is 0 Å². The van der Waals surface area contributed by atoms with Gasteiger partial charge >= 0.3 is 5.97 Å². The number of nitrogens with two attached hydrogens (primary N) is 1. The summed E-state index contributed by atoms with van der Waals surface area (Å²) < 4.78 is 10.00. The maximum Gasteiger partial charge on any atom is 0.309 e. The number of esters is 1. The van der Waals surface area contributed by atoms with Gasteiger partial charge in [-0.15, -0.1) is 0 Å². The van der Waals surface area contributed by atoms with Crippen LogP contribution in [0.5, 0.6) is 5.75 Å². The van der Waals surface area contributed by atoms with Gasteiger partial charge in [0.2, 0.25) is 5.91 Å². The van der Waals surface area contributed by atoms with Crippen LogP contribution in [0.1, 0.15) is 23.7 Å². The molecule has 92 valence electrons. The lowest BCUT2D eigenvalue weighted by atomic mass is 10.2. The van der Waals surface area contributed by atoms with Crippen molar-refractivity contribution in [3.8, 4) is 5.75 Å². The van der Waals surface area contributed by atoms with Crippen LogP contribution in [0, 0.1) is 0 Å². The van der Waals surface area contributed by atoms with Crippen LogP contribution in [-0.4, -0.2) is 25.1 Å². The van der Waals surface area contributed by atoms with Crippen LogP contribution in [-0.2, 0) is 9.53 Å². The normalized spacial score (nSPS) is 11.6. The first kappa shape index (κ1) is 13.0. The number of carbonyl (C=O) groups is 2. The Morgan fingerprint density at radius 1 is 1.29 bits per heavy atom. The minimum atomic E-state index is -0.487. The minimum absolute atomic E-state index is 0.175. The number of methoxy groups -OCH3 is 1. The molecule has 1 aromatic carbocycles. The Morgan fingerprint density at radius 2 is 1.88 bits per heavy atom. The summed E-state index contributed by atoms with van der Waals surface area (Å²) in [5, 5.41) is 0. The monoisotopic (exact) mass is 237 g/mol. The van der Waals surface area contributed by atoms with Crippen molar-refractivity contribution in [1.82, 2.24) is 0 Å². The molecule has 0 aliphatic heterocycles. The highest BCUT2D eigenvalue weighted by Gasteiger charge is 2.10. The summed E-state index contributed by atoms with van der Waals surface area (Å²) in [6.45, 7) is 1.76. The lowest BCUT2D eigenvalue weighted by Gasteiger charge is -2.13. The zero-order valence-corrected chi connectivity index (χ0v) is 9.80. The van der Waals surface area contributed by atoms with Crippen molar-refractivity contribution >= 4 is 11.9 Å². The fourth-order valence-electron chi connectivity index (χ4n) is 1.29. The van der Waals surface area contributed by atoms with E-state index in [0.29, 0.717) is 11.3 Å². The van der Waals surface area contributed by atoms with E-state index in [1.165, 1.54) is 7.11 Å². The topological polar surface area (TPSA) is 78.6 Å². The molecule has 0 saturated carbocycles. The lowest BCUT2D eigenvalue weighted by Crippen LogP contribution is -2.18. The predicted octanol–water partition coefficient (Wildman–Crippen LogP) is 1.12. The van der Waals surface area contributed by atoms with E-state index >= 15 is 0 Å². The van der Waals surface area contributed by atoms with Gasteiger partial charge in [-0.1, -0.05) is 0 Å². The van der Waals surface area contributed by atoms with E-state index in [9.17, 15) is 9.59 Å². The van der Waals surface area contributed by atoms with Crippen molar-refractivity contribution in [3.05, 3.63) is 29.8 Å². The van der Waals surface area contributed by atoms with Crippen molar-refractivity contribution in [2.24, 2.45) is 5.73 Å². The highest BCUT2D eigenvalue weighted by Crippen LogP contribution is 2.14. The van der Waals surface area contributed by atoms with Crippen LogP contribution in [0.15, 0.2) is 24.3 Å². The maximum atomic E-state index is 11.0. The van der Waals surface area contributed by atoms with E-state index in [1.54, 1.807) is 31.2 Å². The first-order valence-electron chi connectivity index (χ1n) is 5.16. The fourth-order valence-corrected chi connectivity index (χ4v) is 1.29. The molecule has 0 fully saturated rings. The molecule has 1 amide bonds. The van der Waals surface area contributed by atoms with E-state index in [4.69, 9.17) is 10.5 Å². The molecule has 0 spiro atoms. The maximum absolute atomic E-state index is 11.0. The van der Waals surface area contributed by atoms with Gasteiger partial charge in [-0.2, -0.15) is 0 Å². The summed E-state index contributed by atoms with van der Waals surface area (Å²) in [7, 11) is 1.33. The second-order valence-electron chi connectivity index (χ2n) is 3.60. The summed E-state index contributed by atoms with van der Waals surface area (Å²) in [5.74, 6) is -0.239. The molecule has 0 saturated heterocycles. The molecule has 1 unspecified atom stereocenters. The van der Waals surface area contributed by atoms with E-state index in [0.717, 1.165) is 0 Å². The average Bonchev–Trinajstić information content (AvgIpc) is 2.29. The van der Waals surface area contributed by atoms with E-state index < -0.39 is 5.91 Å². The Hall–Kier alpha value is -2.04. The van der Waals surface area contributed by atoms with E-state index in [-0.39, 0.29) is 18.5 Å². The molecule has 1 aromatic rings. The van der Waals surface area contributed by atoms with Gasteiger partial charge in [0.05, 0.1) is 13.5 Å². The third-order valence-electron chi connectivity index (χ3n) is 2.16. The predicted molar refractivity (Wildman–Crippen MR) is 61.7 cm³/mol. The van der Waals surface area contributed by atoms with Crippen molar-refractivity contribution < 1.29 is 19.1 Å². The highest BCUT2D eigenvalue weighted by atomic mass is 16.5. The molecular weight excluding hydrogens is 222 g/mol. The van der Waals surface area contributed by atoms with Crippen LogP contribution >= 0.6 is 0 Å². The molecule has 0 bridgehead atoms. The number of hydrogen-bond donors (Lipinski definition) is 1. The lowest BCUT2D eigenvalue weighted by molar-refractivity contribution is -0.142. The third-order valence-corrected chi connectivity index (χ3v) is 2.16. The smallest absolute Gasteiger partial charge is 0.309 e. The van der Waals surface area contributed by atoms with Gasteiger partial charge < -0.3 is 15.2 Å². The van der Waals surface area contributed by atoms with Crippen molar-refractivity contribution in [1.29, 1.82) is 0 Å². The molecular formula is C12H15NO4. The van der Waals surface area contributed by atoms with E-state index in [2.05, 4.69) is 4.74 Å². The second-order valence-corrected chi connectivity index (χ2v) is 3.60. The average molecular weight is 237 g/mol. The Kier molecular flexibility index (Phi) is 4.51. The zero-order valence-electron chi connectivity index (χ0n) is 9.80. The largest absolute Gasteiger partial charge is 0.490 e. The molecule has 1 atom stereocenters. The second kappa shape index (κ2) is 5.89. The standard InChI is InChI=1S/C12H15NO4/c1-8(7-11(14)16-2)17-10-5-3-9(4-6-10)12(13)15/h3-6,8H,7H2,1-2H3,(H2,13,15). The number of rotatable bonds is 5. The minimum Gasteiger partial charge on any atom is -0.490 e. The molecule has 5 nitrogen and oxygen atoms in total. The molecule has 0 aliphatic rings. The third kappa shape index (κ3) is 4.14. The molecule has 5 heteroatoms. The van der Waals surface area contributed by atoms with Gasteiger partial charge in [0, 0.05) is 5.56 Å². The first-order chi connectivity index (χ1) is 8.02. The van der Waals surface area contributed by atoms with E-state index in [1.807, 2.05) is 0 Å². The summed E-state index contributed by atoms with van der Waals surface area (Å²) in [6, 6.07) is 6.41. The summed E-state index contributed by atoms with van der Waals surface area (Å²) in [6.07, 6.45) is -0.115. The Labute approximate surface area is 99.5 Å². The molecule has 1 rings (SSSR count). The van der Waals surface area contributed by atoms with Crippen molar-refractivity contribution in [3.63, 3.8) is 0 Å². The quantitative estimate of drug-likeness (QED) is 0.778. The molecule has 2 N–H and O–H groups in total. The Morgan fingerprint density at radius 3 is 2.35 bits per heavy atom. The number of ether oxygens (including phenoxy) is 2. The van der Waals surface area contributed by atoms with Gasteiger partial charge in [0.25, 0.3) is 0 Å². The van der Waals surface area contributed by atoms with Crippen LogP contribution in [0.4, 0.5) is 0 Å². The van der Waals surface area contributed by atoms with Crippen molar-refractivity contribution in [2.45, 2.75) is 19.4 Å². The fraction of sp³-hybridized carbons (Fsp3) is 0.333. The zero-order chi connectivity index (χ0) is 12.8. The SMILES string of the molecule is COC(=O)CC(C)Oc1ccc(C(N)=O)cc1. The van der Waals surface area contributed by atoms with Crippen LogP contribution in [0.2, 0.25) is 0 Å². The van der Waals surface area contributed by atoms with Crippen LogP contribution in [0.25, 0.3) is 0 Å². The Bertz CT molecular complexity index is 399. The van der Waals surface area contributed by atoms with Gasteiger partial charge in [0.1, 0.15) is 11.9 Å². The Balaban J connectivity index is 2.57. The highest BCUT2D eigenvalue weighted by molar-refractivity contribution is 5.92. The number of carbonyl (C=O) groups excluding carboxylic acids is 2. The van der Waals surface area contributed by atoms with Gasteiger partial charge in [0.15, 0.2) is 0 Å². The summed E-state index contributed by atoms with van der Waals surface area (Å²) >= 11 is 0. The molecule has 0 radical (unpaired) electrons. The van der Waals surface area contributed by atoms with Crippen LogP contribution < -0.4 is 10.5 Å². The van der Waals surface area contributed by atoms with Crippen molar-refractivity contribution in [2.75, 3.05) is 7.11 Å². The number of benzene rings is 1. The van der Waals surface area contributed by atoms with Crippen LogP contribution in [0.3, 0.4) is 0 Å². The molecule has 0 aromatic heterocycles. The number of primary amides is 1. The number of amides is 1. The first-order valence-corrected chi connectivity index (χ1v) is 5.16.